The van der Waals surface area contributed by atoms with Gasteiger partial charge in [0.15, 0.2) is 0 Å². The molecule has 0 saturated carbocycles. The predicted molar refractivity (Wildman–Crippen MR) is 69.1 cm³/mol. The molecule has 1 aromatic heterocycles. The summed E-state index contributed by atoms with van der Waals surface area (Å²) in [7, 11) is 0. The van der Waals surface area contributed by atoms with E-state index in [1.807, 2.05) is 0 Å². The number of pyridine rings is 1. The molecule has 5 heteroatoms. The minimum Gasteiger partial charge on any atom is -0.399 e. The number of anilines is 1. The van der Waals surface area contributed by atoms with Crippen molar-refractivity contribution in [2.75, 3.05) is 5.73 Å². The van der Waals surface area contributed by atoms with Crippen LogP contribution in [-0.2, 0) is 0 Å². The first kappa shape index (κ1) is 11.5. The van der Waals surface area contributed by atoms with Crippen LogP contribution in [0.3, 0.4) is 0 Å². The van der Waals surface area contributed by atoms with Crippen LogP contribution in [0.15, 0.2) is 30.5 Å². The van der Waals surface area contributed by atoms with Gasteiger partial charge in [0, 0.05) is 17.4 Å². The van der Waals surface area contributed by atoms with Crippen LogP contribution in [-0.4, -0.2) is 4.98 Å². The van der Waals surface area contributed by atoms with Gasteiger partial charge in [0.25, 0.3) is 0 Å². The lowest BCUT2D eigenvalue weighted by atomic mass is 10.1. The van der Waals surface area contributed by atoms with Gasteiger partial charge in [0.2, 0.25) is 0 Å². The first-order chi connectivity index (χ1) is 7.58. The van der Waals surface area contributed by atoms with E-state index in [0.717, 1.165) is 0 Å². The Balaban J connectivity index is 2.60. The Bertz CT molecular complexity index is 541. The second kappa shape index (κ2) is 4.50. The minimum absolute atomic E-state index is 0.416. The highest BCUT2D eigenvalue weighted by atomic mass is 35.5. The molecule has 0 spiro atoms. The first-order valence-corrected chi connectivity index (χ1v) is 5.58. The monoisotopic (exact) mass is 272 g/mol. The molecule has 0 aliphatic heterocycles. The summed E-state index contributed by atoms with van der Waals surface area (Å²) in [5.74, 6) is 0. The topological polar surface area (TPSA) is 38.9 Å². The highest BCUT2D eigenvalue weighted by Gasteiger charge is 2.09. The molecule has 0 fully saturated rings. The Kier molecular flexibility index (Phi) is 3.24. The fraction of sp³-hybridized carbons (Fsp3) is 0. The molecule has 2 N–H and O–H groups in total. The summed E-state index contributed by atoms with van der Waals surface area (Å²) in [5, 5.41) is 1.34. The van der Waals surface area contributed by atoms with Crippen molar-refractivity contribution in [3.05, 3.63) is 45.5 Å². The van der Waals surface area contributed by atoms with Crippen molar-refractivity contribution in [3.63, 3.8) is 0 Å². The molecular formula is C11H7Cl3N2. The van der Waals surface area contributed by atoms with Crippen LogP contribution in [0.4, 0.5) is 5.69 Å². The molecule has 1 heterocycles. The normalized spacial score (nSPS) is 10.4. The highest BCUT2D eigenvalue weighted by molar-refractivity contribution is 6.44. The van der Waals surface area contributed by atoms with Gasteiger partial charge in [0.05, 0.1) is 20.8 Å². The molecule has 0 unspecified atom stereocenters. The van der Waals surface area contributed by atoms with E-state index in [1.165, 1.54) is 0 Å². The molecule has 0 bridgehead atoms. The molecule has 82 valence electrons. The number of benzene rings is 1. The molecule has 0 amide bonds. The third-order valence-electron chi connectivity index (χ3n) is 2.07. The van der Waals surface area contributed by atoms with Crippen molar-refractivity contribution in [3.8, 4) is 11.3 Å². The van der Waals surface area contributed by atoms with Crippen molar-refractivity contribution < 1.29 is 0 Å². The highest BCUT2D eigenvalue weighted by Crippen LogP contribution is 2.34. The smallest absolute Gasteiger partial charge is 0.0737 e. The number of nitrogens with two attached hydrogens (primary N) is 1. The van der Waals surface area contributed by atoms with Crippen LogP contribution in [0.2, 0.25) is 15.1 Å². The van der Waals surface area contributed by atoms with Crippen LogP contribution in [0, 0.1) is 0 Å². The summed E-state index contributed by atoms with van der Waals surface area (Å²) in [5.41, 5.74) is 7.67. The van der Waals surface area contributed by atoms with Gasteiger partial charge < -0.3 is 5.73 Å². The Hall–Kier alpha value is -0.960. The van der Waals surface area contributed by atoms with E-state index in [0.29, 0.717) is 32.0 Å². The molecule has 16 heavy (non-hydrogen) atoms. The molecule has 2 nitrogen and oxygen atoms in total. The number of hydrogen-bond donors (Lipinski definition) is 1. The number of hydrogen-bond acceptors (Lipinski definition) is 2. The van der Waals surface area contributed by atoms with E-state index in [1.54, 1.807) is 30.5 Å². The summed E-state index contributed by atoms with van der Waals surface area (Å²) in [4.78, 5) is 4.18. The minimum atomic E-state index is 0.416. The Morgan fingerprint density at radius 2 is 1.62 bits per heavy atom. The second-order valence-corrected chi connectivity index (χ2v) is 4.44. The van der Waals surface area contributed by atoms with E-state index >= 15 is 0 Å². The quantitative estimate of drug-likeness (QED) is 0.787. The van der Waals surface area contributed by atoms with Gasteiger partial charge in [-0.3, -0.25) is 4.98 Å². The van der Waals surface area contributed by atoms with Gasteiger partial charge in [-0.25, -0.2) is 0 Å². The Labute approximate surface area is 108 Å². The molecule has 1 aromatic carbocycles. The fourth-order valence-electron chi connectivity index (χ4n) is 1.31. The van der Waals surface area contributed by atoms with Gasteiger partial charge >= 0.3 is 0 Å². The molecule has 2 aromatic rings. The molecule has 0 atom stereocenters. The zero-order valence-electron chi connectivity index (χ0n) is 8.05. The predicted octanol–water partition coefficient (Wildman–Crippen LogP) is 4.29. The molecule has 2 rings (SSSR count). The maximum atomic E-state index is 6.06. The van der Waals surface area contributed by atoms with Crippen molar-refractivity contribution in [2.24, 2.45) is 0 Å². The maximum Gasteiger partial charge on any atom is 0.0737 e. The average molecular weight is 274 g/mol. The van der Waals surface area contributed by atoms with E-state index in [2.05, 4.69) is 4.98 Å². The third-order valence-corrected chi connectivity index (χ3v) is 3.10. The molecule has 0 saturated heterocycles. The molecule has 0 radical (unpaired) electrons. The van der Waals surface area contributed by atoms with Gasteiger partial charge in [-0.2, -0.15) is 0 Å². The lowest BCUT2D eigenvalue weighted by molar-refractivity contribution is 1.33. The van der Waals surface area contributed by atoms with Crippen LogP contribution in [0.5, 0.6) is 0 Å². The summed E-state index contributed by atoms with van der Waals surface area (Å²) in [6, 6.07) is 6.69. The zero-order valence-corrected chi connectivity index (χ0v) is 10.3. The van der Waals surface area contributed by atoms with E-state index in [-0.39, 0.29) is 0 Å². The maximum absolute atomic E-state index is 6.06. The summed E-state index contributed by atoms with van der Waals surface area (Å²) >= 11 is 17.8. The Morgan fingerprint density at radius 1 is 0.938 bits per heavy atom. The van der Waals surface area contributed by atoms with Gasteiger partial charge in [0.1, 0.15) is 0 Å². The SMILES string of the molecule is Nc1ccnc(-c2cc(Cl)c(Cl)cc2Cl)c1. The van der Waals surface area contributed by atoms with Crippen LogP contribution >= 0.6 is 34.8 Å². The average Bonchev–Trinajstić information content (AvgIpc) is 2.23. The molecular weight excluding hydrogens is 266 g/mol. The lowest BCUT2D eigenvalue weighted by Crippen LogP contribution is -1.89. The van der Waals surface area contributed by atoms with Crippen molar-refractivity contribution in [1.82, 2.24) is 4.98 Å². The number of nitrogen functional groups attached to an aromatic ring is 1. The number of rotatable bonds is 1. The van der Waals surface area contributed by atoms with E-state index in [4.69, 9.17) is 40.5 Å². The van der Waals surface area contributed by atoms with Crippen molar-refractivity contribution >= 4 is 40.5 Å². The number of nitrogens with zero attached hydrogens (tertiary/aromatic N) is 1. The largest absolute Gasteiger partial charge is 0.399 e. The van der Waals surface area contributed by atoms with Gasteiger partial charge in [-0.1, -0.05) is 34.8 Å². The summed E-state index contributed by atoms with van der Waals surface area (Å²) in [6.07, 6.45) is 1.61. The molecule has 0 aliphatic carbocycles. The summed E-state index contributed by atoms with van der Waals surface area (Å²) < 4.78 is 0. The lowest BCUT2D eigenvalue weighted by Gasteiger charge is -2.06. The van der Waals surface area contributed by atoms with Crippen LogP contribution in [0.1, 0.15) is 0 Å². The van der Waals surface area contributed by atoms with Crippen LogP contribution < -0.4 is 5.73 Å². The summed E-state index contributed by atoms with van der Waals surface area (Å²) in [6.45, 7) is 0. The first-order valence-electron chi connectivity index (χ1n) is 4.44. The number of halogens is 3. The third kappa shape index (κ3) is 2.24. The van der Waals surface area contributed by atoms with Crippen molar-refractivity contribution in [1.29, 1.82) is 0 Å². The van der Waals surface area contributed by atoms with E-state index < -0.39 is 0 Å². The van der Waals surface area contributed by atoms with Gasteiger partial charge in [-0.15, -0.1) is 0 Å². The fourth-order valence-corrected chi connectivity index (χ4v) is 1.96. The number of aromatic nitrogens is 1. The standard InChI is InChI=1S/C11H7Cl3N2/c12-8-5-10(14)9(13)4-7(8)11-3-6(15)1-2-16-11/h1-5H,(H2,15,16). The molecule has 0 aliphatic rings. The second-order valence-electron chi connectivity index (χ2n) is 3.22. The van der Waals surface area contributed by atoms with Crippen molar-refractivity contribution in [2.45, 2.75) is 0 Å². The zero-order chi connectivity index (χ0) is 11.7. The van der Waals surface area contributed by atoms with E-state index in [9.17, 15) is 0 Å². The Morgan fingerprint density at radius 3 is 2.31 bits per heavy atom. The van der Waals surface area contributed by atoms with Crippen LogP contribution in [0.25, 0.3) is 11.3 Å². The van der Waals surface area contributed by atoms with Gasteiger partial charge in [-0.05, 0) is 24.3 Å².